The van der Waals surface area contributed by atoms with Gasteiger partial charge in [0.05, 0.1) is 0 Å². The van der Waals surface area contributed by atoms with Gasteiger partial charge in [0.2, 0.25) is 0 Å². The molecule has 0 bridgehead atoms. The van der Waals surface area contributed by atoms with Crippen molar-refractivity contribution in [1.82, 2.24) is 15.2 Å². The highest BCUT2D eigenvalue weighted by atomic mass is 32.1. The van der Waals surface area contributed by atoms with E-state index < -0.39 is 0 Å². The van der Waals surface area contributed by atoms with Crippen LogP contribution < -0.4 is 16.0 Å². The number of thiazole rings is 1. The van der Waals surface area contributed by atoms with Crippen LogP contribution in [-0.2, 0) is 0 Å². The standard InChI is InChI=1S/C13H25N5OS/c1-5-17(4)13-16-11(14)10(20-13)12(19)15-8-9-18(6-2)7-3/h5-9,14H2,1-4H3,(H,15,19). The van der Waals surface area contributed by atoms with Crippen LogP contribution in [0.4, 0.5) is 10.9 Å². The van der Waals surface area contributed by atoms with Gasteiger partial charge in [0.1, 0.15) is 10.7 Å². The van der Waals surface area contributed by atoms with Crippen LogP contribution in [0.5, 0.6) is 0 Å². The average molecular weight is 299 g/mol. The molecule has 1 rings (SSSR count). The number of nitrogens with two attached hydrogens (primary N) is 1. The van der Waals surface area contributed by atoms with Crippen molar-refractivity contribution in [2.75, 3.05) is 50.4 Å². The number of carbonyl (C=O) groups excluding carboxylic acids is 1. The van der Waals surface area contributed by atoms with Gasteiger partial charge in [-0.15, -0.1) is 0 Å². The topological polar surface area (TPSA) is 74.5 Å². The molecule has 0 aliphatic heterocycles. The fourth-order valence-corrected chi connectivity index (χ4v) is 2.66. The van der Waals surface area contributed by atoms with Crippen molar-refractivity contribution in [3.8, 4) is 0 Å². The van der Waals surface area contributed by atoms with Gasteiger partial charge in [-0.1, -0.05) is 25.2 Å². The monoisotopic (exact) mass is 299 g/mol. The smallest absolute Gasteiger partial charge is 0.265 e. The van der Waals surface area contributed by atoms with Crippen molar-refractivity contribution in [3.63, 3.8) is 0 Å². The quantitative estimate of drug-likeness (QED) is 0.756. The largest absolute Gasteiger partial charge is 0.382 e. The highest BCUT2D eigenvalue weighted by Crippen LogP contribution is 2.26. The third kappa shape index (κ3) is 4.35. The van der Waals surface area contributed by atoms with Gasteiger partial charge in [-0.05, 0) is 20.0 Å². The first kappa shape index (κ1) is 16.7. The van der Waals surface area contributed by atoms with Gasteiger partial charge in [0.25, 0.3) is 5.91 Å². The number of aromatic nitrogens is 1. The Labute approximate surface area is 125 Å². The maximum Gasteiger partial charge on any atom is 0.265 e. The number of carbonyl (C=O) groups is 1. The van der Waals surface area contributed by atoms with Crippen molar-refractivity contribution in [3.05, 3.63) is 4.88 Å². The van der Waals surface area contributed by atoms with E-state index in [1.807, 2.05) is 18.9 Å². The zero-order valence-corrected chi connectivity index (χ0v) is 13.6. The minimum atomic E-state index is -0.136. The van der Waals surface area contributed by atoms with Gasteiger partial charge < -0.3 is 20.9 Å². The fourth-order valence-electron chi connectivity index (χ4n) is 1.73. The fraction of sp³-hybridized carbons (Fsp3) is 0.692. The molecule has 0 saturated carbocycles. The first-order valence-corrected chi connectivity index (χ1v) is 7.83. The van der Waals surface area contributed by atoms with Crippen LogP contribution in [0, 0.1) is 0 Å². The molecule has 0 saturated heterocycles. The van der Waals surface area contributed by atoms with Crippen LogP contribution in [0.25, 0.3) is 0 Å². The molecule has 7 heteroatoms. The molecule has 1 aromatic heterocycles. The number of anilines is 2. The van der Waals surface area contributed by atoms with E-state index in [1.54, 1.807) is 0 Å². The van der Waals surface area contributed by atoms with Crippen molar-refractivity contribution >= 4 is 28.2 Å². The molecule has 0 fully saturated rings. The second-order valence-corrected chi connectivity index (χ2v) is 5.49. The van der Waals surface area contributed by atoms with Gasteiger partial charge in [-0.25, -0.2) is 4.98 Å². The van der Waals surface area contributed by atoms with Gasteiger partial charge in [-0.2, -0.15) is 0 Å². The van der Waals surface area contributed by atoms with Crippen molar-refractivity contribution < 1.29 is 4.79 Å². The summed E-state index contributed by atoms with van der Waals surface area (Å²) in [5.74, 6) is 0.175. The number of hydrogen-bond acceptors (Lipinski definition) is 6. The molecule has 0 unspecified atom stereocenters. The Morgan fingerprint density at radius 1 is 1.30 bits per heavy atom. The first-order chi connectivity index (χ1) is 9.53. The molecule has 0 radical (unpaired) electrons. The van der Waals surface area contributed by atoms with Gasteiger partial charge in [-0.3, -0.25) is 4.79 Å². The van der Waals surface area contributed by atoms with Crippen LogP contribution in [0.3, 0.4) is 0 Å². The van der Waals surface area contributed by atoms with Crippen molar-refractivity contribution in [2.24, 2.45) is 0 Å². The summed E-state index contributed by atoms with van der Waals surface area (Å²) < 4.78 is 0. The molecule has 0 aliphatic rings. The number of nitrogen functional groups attached to an aromatic ring is 1. The second kappa shape index (κ2) is 8.06. The summed E-state index contributed by atoms with van der Waals surface area (Å²) >= 11 is 1.33. The van der Waals surface area contributed by atoms with E-state index in [9.17, 15) is 4.79 Å². The summed E-state index contributed by atoms with van der Waals surface area (Å²) in [5.41, 5.74) is 5.82. The summed E-state index contributed by atoms with van der Waals surface area (Å²) in [6.07, 6.45) is 0. The van der Waals surface area contributed by atoms with E-state index in [-0.39, 0.29) is 5.91 Å². The maximum absolute atomic E-state index is 12.1. The summed E-state index contributed by atoms with van der Waals surface area (Å²) in [6.45, 7) is 10.5. The number of likely N-dealkylation sites (N-methyl/N-ethyl adjacent to an activating group) is 1. The SMILES string of the molecule is CCN(CC)CCNC(=O)c1sc(N(C)CC)nc1N. The zero-order valence-electron chi connectivity index (χ0n) is 12.8. The highest BCUT2D eigenvalue weighted by molar-refractivity contribution is 7.18. The minimum absolute atomic E-state index is 0.136. The lowest BCUT2D eigenvalue weighted by Crippen LogP contribution is -2.34. The minimum Gasteiger partial charge on any atom is -0.382 e. The number of amides is 1. The lowest BCUT2D eigenvalue weighted by Gasteiger charge is -2.17. The Morgan fingerprint density at radius 3 is 2.50 bits per heavy atom. The Morgan fingerprint density at radius 2 is 1.95 bits per heavy atom. The summed E-state index contributed by atoms with van der Waals surface area (Å²) in [6, 6.07) is 0. The van der Waals surface area contributed by atoms with Crippen LogP contribution in [-0.4, -0.2) is 55.6 Å². The summed E-state index contributed by atoms with van der Waals surface area (Å²) in [7, 11) is 1.93. The van der Waals surface area contributed by atoms with Crippen LogP contribution in [0.1, 0.15) is 30.4 Å². The Kier molecular flexibility index (Phi) is 6.74. The highest BCUT2D eigenvalue weighted by Gasteiger charge is 2.17. The average Bonchev–Trinajstić information content (AvgIpc) is 2.84. The molecule has 6 nitrogen and oxygen atoms in total. The molecule has 1 amide bonds. The van der Waals surface area contributed by atoms with E-state index in [2.05, 4.69) is 29.0 Å². The van der Waals surface area contributed by atoms with E-state index >= 15 is 0 Å². The lowest BCUT2D eigenvalue weighted by atomic mass is 10.4. The van der Waals surface area contributed by atoms with Gasteiger partial charge in [0.15, 0.2) is 5.13 Å². The van der Waals surface area contributed by atoms with Gasteiger partial charge in [0, 0.05) is 26.7 Å². The van der Waals surface area contributed by atoms with Crippen LogP contribution >= 0.6 is 11.3 Å². The Hall–Kier alpha value is -1.34. The molecular weight excluding hydrogens is 274 g/mol. The number of hydrogen-bond donors (Lipinski definition) is 2. The van der Waals surface area contributed by atoms with E-state index in [0.29, 0.717) is 17.2 Å². The third-order valence-electron chi connectivity index (χ3n) is 3.26. The maximum atomic E-state index is 12.1. The third-order valence-corrected chi connectivity index (χ3v) is 4.44. The molecule has 3 N–H and O–H groups in total. The first-order valence-electron chi connectivity index (χ1n) is 7.01. The zero-order chi connectivity index (χ0) is 15.1. The van der Waals surface area contributed by atoms with Crippen LogP contribution in [0.2, 0.25) is 0 Å². The molecule has 0 aromatic carbocycles. The predicted molar refractivity (Wildman–Crippen MR) is 85.6 cm³/mol. The second-order valence-electron chi connectivity index (χ2n) is 4.51. The Bertz CT molecular complexity index is 430. The van der Waals surface area contributed by atoms with E-state index in [0.717, 1.165) is 31.3 Å². The molecule has 114 valence electrons. The lowest BCUT2D eigenvalue weighted by molar-refractivity contribution is 0.0953. The number of nitrogens with zero attached hydrogens (tertiary/aromatic N) is 3. The summed E-state index contributed by atoms with van der Waals surface area (Å²) in [5, 5.41) is 3.68. The molecule has 20 heavy (non-hydrogen) atoms. The predicted octanol–water partition coefficient (Wildman–Crippen LogP) is 1.25. The number of nitrogens with one attached hydrogen (secondary N) is 1. The number of rotatable bonds is 8. The van der Waals surface area contributed by atoms with Crippen LogP contribution in [0.15, 0.2) is 0 Å². The normalized spacial score (nSPS) is 10.8. The molecule has 0 atom stereocenters. The Balaban J connectivity index is 2.57. The molecule has 0 aliphatic carbocycles. The molecular formula is C13H25N5OS. The summed E-state index contributed by atoms with van der Waals surface area (Å²) in [4.78, 5) is 21.0. The van der Waals surface area contributed by atoms with E-state index in [4.69, 9.17) is 5.73 Å². The molecule has 0 spiro atoms. The van der Waals surface area contributed by atoms with Crippen molar-refractivity contribution in [2.45, 2.75) is 20.8 Å². The van der Waals surface area contributed by atoms with Gasteiger partial charge >= 0.3 is 0 Å². The van der Waals surface area contributed by atoms with E-state index in [1.165, 1.54) is 11.3 Å². The molecule has 1 aromatic rings. The molecule has 1 heterocycles. The van der Waals surface area contributed by atoms with Crippen molar-refractivity contribution in [1.29, 1.82) is 0 Å².